The number of rotatable bonds is 1. The standard InChI is InChI=1S/C16H20BrNO2/c1-10-3-8-14-16(19)20-11(2)9-18(14)15(10)12-4-6-13(17)7-5-12/h4-7,10-11,14-15H,3,8-9H2,1-2H3. The van der Waals surface area contributed by atoms with Gasteiger partial charge in [0.15, 0.2) is 0 Å². The summed E-state index contributed by atoms with van der Waals surface area (Å²) in [6.45, 7) is 5.10. The molecule has 108 valence electrons. The van der Waals surface area contributed by atoms with Crippen LogP contribution in [0.25, 0.3) is 0 Å². The molecule has 0 saturated carbocycles. The van der Waals surface area contributed by atoms with Crippen LogP contribution in [0.4, 0.5) is 0 Å². The predicted octanol–water partition coefficient (Wildman–Crippen LogP) is 3.54. The minimum absolute atomic E-state index is 0.0120. The first-order valence-electron chi connectivity index (χ1n) is 7.28. The van der Waals surface area contributed by atoms with Crippen LogP contribution in [0.3, 0.4) is 0 Å². The predicted molar refractivity (Wildman–Crippen MR) is 81.3 cm³/mol. The molecular formula is C16H20BrNO2. The summed E-state index contributed by atoms with van der Waals surface area (Å²) >= 11 is 3.48. The lowest BCUT2D eigenvalue weighted by atomic mass is 9.82. The molecular weight excluding hydrogens is 318 g/mol. The van der Waals surface area contributed by atoms with Gasteiger partial charge in [-0.15, -0.1) is 0 Å². The SMILES string of the molecule is CC1CN2C(CCC(C)C2c2ccc(Br)cc2)C(=O)O1. The second kappa shape index (κ2) is 5.49. The highest BCUT2D eigenvalue weighted by Gasteiger charge is 2.44. The van der Waals surface area contributed by atoms with Crippen molar-refractivity contribution in [1.82, 2.24) is 4.90 Å². The summed E-state index contributed by atoms with van der Waals surface area (Å²) in [6, 6.07) is 8.75. The average Bonchev–Trinajstić information content (AvgIpc) is 2.40. The third-order valence-electron chi connectivity index (χ3n) is 4.46. The molecule has 0 aromatic heterocycles. The first kappa shape index (κ1) is 14.1. The van der Waals surface area contributed by atoms with E-state index < -0.39 is 0 Å². The van der Waals surface area contributed by atoms with Crippen molar-refractivity contribution in [3.63, 3.8) is 0 Å². The van der Waals surface area contributed by atoms with Crippen LogP contribution in [0.2, 0.25) is 0 Å². The summed E-state index contributed by atoms with van der Waals surface area (Å²) < 4.78 is 6.50. The van der Waals surface area contributed by atoms with E-state index in [1.165, 1.54) is 5.56 Å². The zero-order valence-corrected chi connectivity index (χ0v) is 13.5. The van der Waals surface area contributed by atoms with Crippen molar-refractivity contribution in [3.05, 3.63) is 34.3 Å². The van der Waals surface area contributed by atoms with Gasteiger partial charge in [0, 0.05) is 17.1 Å². The van der Waals surface area contributed by atoms with Crippen LogP contribution in [0.1, 0.15) is 38.3 Å². The number of cyclic esters (lactones) is 1. The Balaban J connectivity index is 1.93. The van der Waals surface area contributed by atoms with Gasteiger partial charge in [-0.3, -0.25) is 9.69 Å². The number of halogens is 1. The summed E-state index contributed by atoms with van der Waals surface area (Å²) in [5, 5.41) is 0. The maximum atomic E-state index is 12.1. The molecule has 2 aliphatic heterocycles. The van der Waals surface area contributed by atoms with E-state index in [0.29, 0.717) is 12.0 Å². The Kier molecular flexibility index (Phi) is 3.87. The third kappa shape index (κ3) is 2.51. The van der Waals surface area contributed by atoms with Gasteiger partial charge in [0.2, 0.25) is 0 Å². The minimum Gasteiger partial charge on any atom is -0.460 e. The molecule has 4 atom stereocenters. The lowest BCUT2D eigenvalue weighted by molar-refractivity contribution is -0.172. The molecule has 0 N–H and O–H groups in total. The number of nitrogens with zero attached hydrogens (tertiary/aromatic N) is 1. The highest BCUT2D eigenvalue weighted by molar-refractivity contribution is 9.10. The van der Waals surface area contributed by atoms with Crippen molar-refractivity contribution in [2.24, 2.45) is 5.92 Å². The number of esters is 1. The van der Waals surface area contributed by atoms with Gasteiger partial charge in [0.1, 0.15) is 12.1 Å². The number of morpholine rings is 1. The molecule has 20 heavy (non-hydrogen) atoms. The molecule has 4 heteroatoms. The van der Waals surface area contributed by atoms with Crippen LogP contribution in [-0.4, -0.2) is 29.6 Å². The molecule has 3 rings (SSSR count). The molecule has 0 aliphatic carbocycles. The summed E-state index contributed by atoms with van der Waals surface area (Å²) in [5.41, 5.74) is 1.30. The molecule has 0 amide bonds. The Morgan fingerprint density at radius 2 is 1.90 bits per heavy atom. The number of fused-ring (bicyclic) bond motifs is 1. The van der Waals surface area contributed by atoms with E-state index in [4.69, 9.17) is 4.74 Å². The first-order chi connectivity index (χ1) is 9.56. The maximum Gasteiger partial charge on any atom is 0.323 e. The number of carbonyl (C=O) groups is 1. The Labute approximate surface area is 128 Å². The molecule has 4 unspecified atom stereocenters. The van der Waals surface area contributed by atoms with E-state index in [2.05, 4.69) is 52.0 Å². The summed E-state index contributed by atoms with van der Waals surface area (Å²) in [6.07, 6.45) is 1.98. The number of piperidine rings is 1. The van der Waals surface area contributed by atoms with Gasteiger partial charge in [-0.05, 0) is 43.4 Å². The summed E-state index contributed by atoms with van der Waals surface area (Å²) in [4.78, 5) is 14.5. The van der Waals surface area contributed by atoms with Crippen LogP contribution in [0, 0.1) is 5.92 Å². The molecule has 2 saturated heterocycles. The largest absolute Gasteiger partial charge is 0.460 e. The number of benzene rings is 1. The fourth-order valence-corrected chi connectivity index (χ4v) is 3.81. The number of hydrogen-bond donors (Lipinski definition) is 0. The fourth-order valence-electron chi connectivity index (χ4n) is 3.55. The van der Waals surface area contributed by atoms with E-state index >= 15 is 0 Å². The monoisotopic (exact) mass is 337 g/mol. The quantitative estimate of drug-likeness (QED) is 0.734. The van der Waals surface area contributed by atoms with Crippen molar-refractivity contribution in [3.8, 4) is 0 Å². The summed E-state index contributed by atoms with van der Waals surface area (Å²) in [5.74, 6) is 0.517. The number of hydrogen-bond acceptors (Lipinski definition) is 3. The lowest BCUT2D eigenvalue weighted by Gasteiger charge is -2.48. The second-order valence-corrected chi connectivity index (χ2v) is 6.93. The zero-order valence-electron chi connectivity index (χ0n) is 11.9. The van der Waals surface area contributed by atoms with Crippen molar-refractivity contribution in [1.29, 1.82) is 0 Å². The minimum atomic E-state index is -0.0592. The Bertz CT molecular complexity index is 502. The van der Waals surface area contributed by atoms with Crippen LogP contribution < -0.4 is 0 Å². The molecule has 2 fully saturated rings. The maximum absolute atomic E-state index is 12.1. The van der Waals surface area contributed by atoms with Gasteiger partial charge < -0.3 is 4.74 Å². The van der Waals surface area contributed by atoms with Crippen LogP contribution in [0.15, 0.2) is 28.7 Å². The van der Waals surface area contributed by atoms with Crippen LogP contribution in [-0.2, 0) is 9.53 Å². The topological polar surface area (TPSA) is 29.5 Å². The Morgan fingerprint density at radius 3 is 2.60 bits per heavy atom. The molecule has 0 bridgehead atoms. The molecule has 2 aliphatic rings. The summed E-state index contributed by atoms with van der Waals surface area (Å²) in [7, 11) is 0. The molecule has 1 aromatic rings. The Morgan fingerprint density at radius 1 is 1.20 bits per heavy atom. The molecule has 3 nitrogen and oxygen atoms in total. The molecule has 0 radical (unpaired) electrons. The van der Waals surface area contributed by atoms with E-state index in [9.17, 15) is 4.79 Å². The highest BCUT2D eigenvalue weighted by Crippen LogP contribution is 2.41. The third-order valence-corrected chi connectivity index (χ3v) is 4.99. The van der Waals surface area contributed by atoms with E-state index in [0.717, 1.165) is 23.9 Å². The lowest BCUT2D eigenvalue weighted by Crippen LogP contribution is -2.56. The Hall–Kier alpha value is -0.870. The first-order valence-corrected chi connectivity index (χ1v) is 8.07. The molecule has 0 spiro atoms. The normalized spacial score (nSPS) is 34.5. The van der Waals surface area contributed by atoms with E-state index in [1.54, 1.807) is 0 Å². The van der Waals surface area contributed by atoms with Gasteiger partial charge >= 0.3 is 5.97 Å². The van der Waals surface area contributed by atoms with Crippen molar-refractivity contribution >= 4 is 21.9 Å². The van der Waals surface area contributed by atoms with Crippen LogP contribution >= 0.6 is 15.9 Å². The van der Waals surface area contributed by atoms with Gasteiger partial charge in [-0.1, -0.05) is 35.0 Å². The van der Waals surface area contributed by atoms with Gasteiger partial charge in [-0.2, -0.15) is 0 Å². The van der Waals surface area contributed by atoms with Gasteiger partial charge in [-0.25, -0.2) is 0 Å². The van der Waals surface area contributed by atoms with E-state index in [-0.39, 0.29) is 18.1 Å². The second-order valence-electron chi connectivity index (χ2n) is 6.01. The average molecular weight is 338 g/mol. The van der Waals surface area contributed by atoms with Crippen molar-refractivity contribution < 1.29 is 9.53 Å². The van der Waals surface area contributed by atoms with Gasteiger partial charge in [0.05, 0.1) is 0 Å². The van der Waals surface area contributed by atoms with Gasteiger partial charge in [0.25, 0.3) is 0 Å². The highest BCUT2D eigenvalue weighted by atomic mass is 79.9. The number of carbonyl (C=O) groups excluding carboxylic acids is 1. The number of ether oxygens (including phenoxy) is 1. The van der Waals surface area contributed by atoms with Crippen molar-refractivity contribution in [2.45, 2.75) is 44.9 Å². The fraction of sp³-hybridized carbons (Fsp3) is 0.562. The molecule has 1 aromatic carbocycles. The zero-order chi connectivity index (χ0) is 14.3. The molecule has 2 heterocycles. The smallest absolute Gasteiger partial charge is 0.323 e. The van der Waals surface area contributed by atoms with Crippen molar-refractivity contribution in [2.75, 3.05) is 6.54 Å². The van der Waals surface area contributed by atoms with E-state index in [1.807, 2.05) is 6.92 Å². The van der Waals surface area contributed by atoms with Crippen LogP contribution in [0.5, 0.6) is 0 Å².